The Morgan fingerprint density at radius 2 is 1.50 bits per heavy atom. The average Bonchev–Trinajstić information content (AvgIpc) is 2.65. The van der Waals surface area contributed by atoms with Gasteiger partial charge in [0.1, 0.15) is 18.3 Å². The van der Waals surface area contributed by atoms with Crippen molar-refractivity contribution in [1.29, 1.82) is 0 Å². The fourth-order valence-electron chi connectivity index (χ4n) is 2.13. The molecule has 0 radical (unpaired) electrons. The molecule has 4 N–H and O–H groups in total. The molecule has 0 bridgehead atoms. The third kappa shape index (κ3) is 5.14. The highest BCUT2D eigenvalue weighted by atomic mass is 16.4. The quantitative estimate of drug-likeness (QED) is 0.423. The van der Waals surface area contributed by atoms with Gasteiger partial charge in [0, 0.05) is 0 Å². The Morgan fingerprint density at radius 1 is 0.917 bits per heavy atom. The van der Waals surface area contributed by atoms with Gasteiger partial charge in [-0.2, -0.15) is 5.10 Å². The molecule has 2 aromatic rings. The van der Waals surface area contributed by atoms with Gasteiger partial charge in [0.05, 0.1) is 25.1 Å². The number of rotatable bonds is 8. The van der Waals surface area contributed by atoms with Crippen molar-refractivity contribution in [3.63, 3.8) is 0 Å². The standard InChI is InChI=1S/C18H22N2O4/c21-13-17(23)18(24)16(22)11-19-20(15-9-5-2-6-10-15)12-14-7-3-1-4-8-14/h1-11,16-18,21-24H,12-13H2/t16-,17+,18-/m0/s1. The lowest BCUT2D eigenvalue weighted by Crippen LogP contribution is -2.40. The second kappa shape index (κ2) is 9.14. The van der Waals surface area contributed by atoms with Crippen molar-refractivity contribution in [1.82, 2.24) is 0 Å². The summed E-state index contributed by atoms with van der Waals surface area (Å²) < 4.78 is 0. The lowest BCUT2D eigenvalue weighted by atomic mass is 10.1. The van der Waals surface area contributed by atoms with Crippen LogP contribution in [0.3, 0.4) is 0 Å². The molecule has 0 unspecified atom stereocenters. The average molecular weight is 330 g/mol. The summed E-state index contributed by atoms with van der Waals surface area (Å²) in [7, 11) is 0. The minimum atomic E-state index is -1.51. The van der Waals surface area contributed by atoms with Gasteiger partial charge in [-0.05, 0) is 17.7 Å². The van der Waals surface area contributed by atoms with E-state index >= 15 is 0 Å². The predicted molar refractivity (Wildman–Crippen MR) is 92.7 cm³/mol. The number of hydrogen-bond acceptors (Lipinski definition) is 6. The summed E-state index contributed by atoms with van der Waals surface area (Å²) in [4.78, 5) is 0. The summed E-state index contributed by atoms with van der Waals surface area (Å²) in [5, 5.41) is 43.7. The molecule has 0 aliphatic rings. The number of aliphatic hydroxyl groups is 4. The van der Waals surface area contributed by atoms with Crippen molar-refractivity contribution >= 4 is 11.9 Å². The van der Waals surface area contributed by atoms with Gasteiger partial charge >= 0.3 is 0 Å². The van der Waals surface area contributed by atoms with Gasteiger partial charge < -0.3 is 20.4 Å². The van der Waals surface area contributed by atoms with Crippen molar-refractivity contribution < 1.29 is 20.4 Å². The molecule has 0 aliphatic carbocycles. The second-order valence-corrected chi connectivity index (χ2v) is 5.37. The van der Waals surface area contributed by atoms with Crippen LogP contribution < -0.4 is 5.01 Å². The summed E-state index contributed by atoms with van der Waals surface area (Å²) in [5.74, 6) is 0. The minimum Gasteiger partial charge on any atom is -0.394 e. The number of para-hydroxylation sites is 1. The summed E-state index contributed by atoms with van der Waals surface area (Å²) in [6.07, 6.45) is -3.17. The van der Waals surface area contributed by atoms with E-state index in [0.29, 0.717) is 6.54 Å². The number of benzene rings is 2. The Bertz CT molecular complexity index is 621. The van der Waals surface area contributed by atoms with E-state index in [1.807, 2.05) is 60.7 Å². The van der Waals surface area contributed by atoms with E-state index < -0.39 is 24.9 Å². The zero-order valence-electron chi connectivity index (χ0n) is 13.2. The van der Waals surface area contributed by atoms with Gasteiger partial charge in [-0.15, -0.1) is 0 Å². The van der Waals surface area contributed by atoms with Crippen LogP contribution in [0.5, 0.6) is 0 Å². The maximum Gasteiger partial charge on any atom is 0.119 e. The molecule has 0 heterocycles. The van der Waals surface area contributed by atoms with Crippen LogP contribution in [0.4, 0.5) is 5.69 Å². The maximum atomic E-state index is 9.88. The molecule has 2 rings (SSSR count). The number of anilines is 1. The van der Waals surface area contributed by atoms with Gasteiger partial charge in [-0.3, -0.25) is 5.01 Å². The monoisotopic (exact) mass is 330 g/mol. The molecule has 6 heteroatoms. The zero-order chi connectivity index (χ0) is 17.4. The van der Waals surface area contributed by atoms with Crippen LogP contribution in [0.1, 0.15) is 5.56 Å². The third-order valence-electron chi connectivity index (χ3n) is 3.52. The van der Waals surface area contributed by atoms with Crippen LogP contribution in [-0.2, 0) is 6.54 Å². The highest BCUT2D eigenvalue weighted by Crippen LogP contribution is 2.17. The van der Waals surface area contributed by atoms with Crippen LogP contribution >= 0.6 is 0 Å². The first-order valence-corrected chi connectivity index (χ1v) is 7.67. The fraction of sp³-hybridized carbons (Fsp3) is 0.278. The molecule has 128 valence electrons. The molecule has 2 aromatic carbocycles. The molecule has 0 aliphatic heterocycles. The molecule has 0 amide bonds. The number of hydrazone groups is 1. The lowest BCUT2D eigenvalue weighted by molar-refractivity contribution is -0.0541. The smallest absolute Gasteiger partial charge is 0.119 e. The minimum absolute atomic E-state index is 0.479. The summed E-state index contributed by atoms with van der Waals surface area (Å²) in [5.41, 5.74) is 1.85. The summed E-state index contributed by atoms with van der Waals surface area (Å²) in [6.45, 7) is -0.162. The normalized spacial score (nSPS) is 15.2. The first-order valence-electron chi connectivity index (χ1n) is 7.67. The molecule has 0 saturated carbocycles. The van der Waals surface area contributed by atoms with Crippen molar-refractivity contribution in [3.05, 3.63) is 66.2 Å². The Hall–Kier alpha value is -2.25. The molecular formula is C18H22N2O4. The molecule has 3 atom stereocenters. The van der Waals surface area contributed by atoms with E-state index in [1.165, 1.54) is 0 Å². The summed E-state index contributed by atoms with van der Waals surface area (Å²) in [6, 6.07) is 19.1. The van der Waals surface area contributed by atoms with Crippen molar-refractivity contribution in [2.75, 3.05) is 11.6 Å². The van der Waals surface area contributed by atoms with E-state index in [9.17, 15) is 15.3 Å². The van der Waals surface area contributed by atoms with Crippen molar-refractivity contribution in [3.8, 4) is 0 Å². The van der Waals surface area contributed by atoms with Gasteiger partial charge in [0.25, 0.3) is 0 Å². The Labute approximate surface area is 140 Å². The first kappa shape index (κ1) is 18.1. The van der Waals surface area contributed by atoms with E-state index in [0.717, 1.165) is 17.5 Å². The molecule has 0 saturated heterocycles. The van der Waals surface area contributed by atoms with E-state index in [2.05, 4.69) is 5.10 Å². The van der Waals surface area contributed by atoms with Crippen LogP contribution in [-0.4, -0.2) is 51.6 Å². The molecule has 0 spiro atoms. The van der Waals surface area contributed by atoms with Gasteiger partial charge in [-0.25, -0.2) is 0 Å². The molecule has 0 fully saturated rings. The Morgan fingerprint density at radius 3 is 2.08 bits per heavy atom. The van der Waals surface area contributed by atoms with Crippen LogP contribution in [0.25, 0.3) is 0 Å². The third-order valence-corrected chi connectivity index (χ3v) is 3.52. The van der Waals surface area contributed by atoms with Gasteiger partial charge in [-0.1, -0.05) is 48.5 Å². The maximum absolute atomic E-state index is 9.88. The zero-order valence-corrected chi connectivity index (χ0v) is 13.2. The first-order chi connectivity index (χ1) is 11.6. The predicted octanol–water partition coefficient (Wildman–Crippen LogP) is 0.754. The number of hydrogen-bond donors (Lipinski definition) is 4. The van der Waals surface area contributed by atoms with Crippen LogP contribution in [0.15, 0.2) is 65.8 Å². The van der Waals surface area contributed by atoms with Crippen molar-refractivity contribution in [2.45, 2.75) is 24.9 Å². The number of nitrogens with zero attached hydrogens (tertiary/aromatic N) is 2. The van der Waals surface area contributed by atoms with Crippen molar-refractivity contribution in [2.24, 2.45) is 5.10 Å². The van der Waals surface area contributed by atoms with E-state index in [4.69, 9.17) is 5.11 Å². The van der Waals surface area contributed by atoms with E-state index in [-0.39, 0.29) is 0 Å². The molecular weight excluding hydrogens is 308 g/mol. The molecule has 24 heavy (non-hydrogen) atoms. The highest BCUT2D eigenvalue weighted by molar-refractivity contribution is 5.66. The topological polar surface area (TPSA) is 96.5 Å². The lowest BCUT2D eigenvalue weighted by Gasteiger charge is -2.22. The fourth-order valence-corrected chi connectivity index (χ4v) is 2.13. The van der Waals surface area contributed by atoms with E-state index in [1.54, 1.807) is 5.01 Å². The van der Waals surface area contributed by atoms with Crippen LogP contribution in [0.2, 0.25) is 0 Å². The van der Waals surface area contributed by atoms with Gasteiger partial charge in [0.15, 0.2) is 0 Å². The summed E-state index contributed by atoms with van der Waals surface area (Å²) >= 11 is 0. The molecule has 0 aromatic heterocycles. The van der Waals surface area contributed by atoms with Crippen LogP contribution in [0, 0.1) is 0 Å². The largest absolute Gasteiger partial charge is 0.394 e. The highest BCUT2D eigenvalue weighted by Gasteiger charge is 2.22. The number of aliphatic hydroxyl groups excluding tert-OH is 4. The molecule has 6 nitrogen and oxygen atoms in total. The SMILES string of the molecule is OC[C@@H](O)[C@@H](O)[C@@H](O)C=NN(Cc1ccccc1)c1ccccc1. The second-order valence-electron chi connectivity index (χ2n) is 5.37. The Balaban J connectivity index is 2.15. The Kier molecular flexibility index (Phi) is 6.89. The van der Waals surface area contributed by atoms with Gasteiger partial charge in [0.2, 0.25) is 0 Å².